The van der Waals surface area contributed by atoms with Crippen LogP contribution in [0.4, 0.5) is 14.9 Å². The van der Waals surface area contributed by atoms with Gasteiger partial charge in [0.15, 0.2) is 0 Å². The predicted octanol–water partition coefficient (Wildman–Crippen LogP) is 7.26. The largest absolute Gasteiger partial charge is 0.457 e. The van der Waals surface area contributed by atoms with Crippen LogP contribution in [0, 0.1) is 0 Å². The van der Waals surface area contributed by atoms with Crippen molar-refractivity contribution >= 4 is 35.2 Å². The molecule has 0 spiro atoms. The quantitative estimate of drug-likeness (QED) is 0.205. The molecule has 0 aromatic heterocycles. The number of carbonyl (C=O) groups excluding carboxylic acids is 3. The zero-order chi connectivity index (χ0) is 32.4. The van der Waals surface area contributed by atoms with Crippen LogP contribution in [0.25, 0.3) is 0 Å². The molecule has 1 saturated heterocycles. The highest BCUT2D eigenvalue weighted by Crippen LogP contribution is 2.29. The third-order valence-corrected chi connectivity index (χ3v) is 7.17. The molecule has 3 amide bonds. The van der Waals surface area contributed by atoms with E-state index in [2.05, 4.69) is 6.58 Å². The Bertz CT molecular complexity index is 1370. The predicted molar refractivity (Wildman–Crippen MR) is 172 cm³/mol. The number of halogens is 2. The molecule has 0 bridgehead atoms. The van der Waals surface area contributed by atoms with E-state index in [1.165, 1.54) is 23.1 Å². The van der Waals surface area contributed by atoms with Crippen molar-refractivity contribution < 1.29 is 28.2 Å². The molecule has 8 nitrogen and oxygen atoms in total. The van der Waals surface area contributed by atoms with Gasteiger partial charge < -0.3 is 19.3 Å². The van der Waals surface area contributed by atoms with Crippen molar-refractivity contribution in [2.45, 2.75) is 58.7 Å². The molecular formula is C34H41ClFN3O5. The van der Waals surface area contributed by atoms with Gasteiger partial charge in [-0.25, -0.2) is 9.18 Å². The maximum Gasteiger partial charge on any atom is 0.410 e. The summed E-state index contributed by atoms with van der Waals surface area (Å²) in [5.74, 6) is -0.724. The van der Waals surface area contributed by atoms with Crippen LogP contribution >= 0.6 is 11.6 Å². The average Bonchev–Trinajstić information content (AvgIpc) is 3.01. The van der Waals surface area contributed by atoms with E-state index in [4.69, 9.17) is 21.1 Å². The fourth-order valence-corrected chi connectivity index (χ4v) is 4.88. The normalized spacial score (nSPS) is 16.4. The number of carbonyl (C=O) groups is 3. The molecule has 44 heavy (non-hydrogen) atoms. The number of amides is 3. The van der Waals surface area contributed by atoms with Gasteiger partial charge >= 0.3 is 6.09 Å². The number of anilines is 1. The third kappa shape index (κ3) is 9.19. The first-order valence-corrected chi connectivity index (χ1v) is 15.1. The number of hydrogen-bond donors (Lipinski definition) is 0. The minimum absolute atomic E-state index is 0.192. The number of alkyl halides is 1. The standard InChI is InChI=1S/C34H41ClFN3O5/c1-7-25(36)15-14-24(3)31(32(41)37-20-21-38(26(8-2)23-37)33(42)44-34(4,5)6)39(30(40)22-35)27-16-18-29(19-17-27)43-28-12-10-9-11-13-28/h7,9-19,26,31H,3,8,20-23H2,1-2,4-6H3/b15-14-,25-7+/t26-,31-/m0/s1. The smallest absolute Gasteiger partial charge is 0.410 e. The summed E-state index contributed by atoms with van der Waals surface area (Å²) in [6.07, 6.45) is 3.98. The van der Waals surface area contributed by atoms with Gasteiger partial charge in [0.2, 0.25) is 5.91 Å². The van der Waals surface area contributed by atoms with E-state index in [-0.39, 0.29) is 31.2 Å². The molecule has 0 aliphatic carbocycles. The first-order valence-electron chi connectivity index (χ1n) is 14.6. The summed E-state index contributed by atoms with van der Waals surface area (Å²) < 4.78 is 25.6. The molecule has 1 fully saturated rings. The Morgan fingerprint density at radius 3 is 2.27 bits per heavy atom. The molecule has 2 aromatic rings. The van der Waals surface area contributed by atoms with E-state index in [1.54, 1.807) is 61.8 Å². The van der Waals surface area contributed by atoms with E-state index in [9.17, 15) is 18.8 Å². The second kappa shape index (κ2) is 15.6. The molecule has 0 saturated carbocycles. The summed E-state index contributed by atoms with van der Waals surface area (Å²) in [5, 5.41) is 0. The number of hydrogen-bond acceptors (Lipinski definition) is 5. The van der Waals surface area contributed by atoms with Crippen LogP contribution in [-0.2, 0) is 14.3 Å². The van der Waals surface area contributed by atoms with Crippen LogP contribution in [-0.4, -0.2) is 70.9 Å². The number of ether oxygens (including phenoxy) is 2. The molecular weight excluding hydrogens is 585 g/mol. The summed E-state index contributed by atoms with van der Waals surface area (Å²) >= 11 is 6.06. The minimum atomic E-state index is -1.23. The van der Waals surface area contributed by atoms with Crippen molar-refractivity contribution in [1.82, 2.24) is 9.80 Å². The zero-order valence-electron chi connectivity index (χ0n) is 26.0. The van der Waals surface area contributed by atoms with Crippen LogP contribution in [0.1, 0.15) is 41.0 Å². The van der Waals surface area contributed by atoms with E-state index < -0.39 is 41.3 Å². The number of benzene rings is 2. The van der Waals surface area contributed by atoms with Gasteiger partial charge in [-0.15, -0.1) is 11.6 Å². The van der Waals surface area contributed by atoms with Gasteiger partial charge in [0.25, 0.3) is 5.91 Å². The molecule has 2 atom stereocenters. The van der Waals surface area contributed by atoms with E-state index in [0.717, 1.165) is 0 Å². The van der Waals surface area contributed by atoms with Crippen molar-refractivity contribution in [3.8, 4) is 11.5 Å². The average molecular weight is 626 g/mol. The van der Waals surface area contributed by atoms with Gasteiger partial charge in [0.1, 0.15) is 34.8 Å². The topological polar surface area (TPSA) is 79.4 Å². The molecule has 1 aliphatic heterocycles. The van der Waals surface area contributed by atoms with Crippen LogP contribution in [0.2, 0.25) is 0 Å². The van der Waals surface area contributed by atoms with Crippen molar-refractivity contribution in [3.05, 3.63) is 90.8 Å². The Labute approximate surface area is 264 Å². The van der Waals surface area contributed by atoms with Crippen molar-refractivity contribution in [2.75, 3.05) is 30.4 Å². The fourth-order valence-electron chi connectivity index (χ4n) is 4.75. The third-order valence-electron chi connectivity index (χ3n) is 6.95. The zero-order valence-corrected chi connectivity index (χ0v) is 26.7. The monoisotopic (exact) mass is 625 g/mol. The molecule has 3 rings (SSSR count). The minimum Gasteiger partial charge on any atom is -0.457 e. The lowest BCUT2D eigenvalue weighted by atomic mass is 10.0. The first kappa shape index (κ1) is 34.4. The molecule has 236 valence electrons. The van der Waals surface area contributed by atoms with Crippen molar-refractivity contribution in [1.29, 1.82) is 0 Å². The van der Waals surface area contributed by atoms with Crippen LogP contribution in [0.15, 0.2) is 90.8 Å². The van der Waals surface area contributed by atoms with Crippen LogP contribution in [0.5, 0.6) is 11.5 Å². The Hall–Kier alpha value is -4.11. The van der Waals surface area contributed by atoms with Gasteiger partial charge in [-0.3, -0.25) is 14.5 Å². The highest BCUT2D eigenvalue weighted by Gasteiger charge is 2.40. The Kier molecular flexibility index (Phi) is 12.2. The highest BCUT2D eigenvalue weighted by molar-refractivity contribution is 6.30. The van der Waals surface area contributed by atoms with Gasteiger partial charge in [0, 0.05) is 25.3 Å². The fraction of sp³-hybridized carbons (Fsp3) is 0.382. The first-order chi connectivity index (χ1) is 20.9. The number of nitrogens with zero attached hydrogens (tertiary/aromatic N) is 3. The van der Waals surface area contributed by atoms with E-state index >= 15 is 0 Å². The number of piperazine rings is 1. The summed E-state index contributed by atoms with van der Waals surface area (Å²) in [6, 6.07) is 14.4. The second-order valence-electron chi connectivity index (χ2n) is 11.3. The Balaban J connectivity index is 1.96. The number of allylic oxidation sites excluding steroid dienone is 3. The lowest BCUT2D eigenvalue weighted by Gasteiger charge is -2.43. The summed E-state index contributed by atoms with van der Waals surface area (Å²) in [5.41, 5.74) is -0.0864. The van der Waals surface area contributed by atoms with E-state index in [0.29, 0.717) is 23.6 Å². The van der Waals surface area contributed by atoms with Crippen molar-refractivity contribution in [2.24, 2.45) is 0 Å². The lowest BCUT2D eigenvalue weighted by molar-refractivity contribution is -0.136. The number of rotatable bonds is 10. The van der Waals surface area contributed by atoms with Gasteiger partial charge in [0.05, 0.1) is 6.04 Å². The van der Waals surface area contributed by atoms with Crippen LogP contribution < -0.4 is 9.64 Å². The highest BCUT2D eigenvalue weighted by atomic mass is 35.5. The lowest BCUT2D eigenvalue weighted by Crippen LogP contribution is -2.61. The Morgan fingerprint density at radius 2 is 1.70 bits per heavy atom. The molecule has 1 aliphatic rings. The summed E-state index contributed by atoms with van der Waals surface area (Å²) in [4.78, 5) is 45.1. The summed E-state index contributed by atoms with van der Waals surface area (Å²) in [7, 11) is 0. The second-order valence-corrected chi connectivity index (χ2v) is 11.6. The van der Waals surface area contributed by atoms with Crippen molar-refractivity contribution in [3.63, 3.8) is 0 Å². The molecule has 0 radical (unpaired) electrons. The Morgan fingerprint density at radius 1 is 1.07 bits per heavy atom. The maximum absolute atomic E-state index is 14.3. The molecule has 10 heteroatoms. The molecule has 0 N–H and O–H groups in total. The van der Waals surface area contributed by atoms with Gasteiger partial charge in [-0.1, -0.05) is 43.9 Å². The van der Waals surface area contributed by atoms with Crippen LogP contribution in [0.3, 0.4) is 0 Å². The molecule has 1 heterocycles. The van der Waals surface area contributed by atoms with E-state index in [1.807, 2.05) is 37.3 Å². The molecule has 0 unspecified atom stereocenters. The van der Waals surface area contributed by atoms with Gasteiger partial charge in [-0.2, -0.15) is 0 Å². The summed E-state index contributed by atoms with van der Waals surface area (Å²) in [6.45, 7) is 13.6. The maximum atomic E-state index is 14.3. The SMILES string of the molecule is C=C(/C=C\C(F)=C/C)[C@@H](C(=O)N1CCN(C(=O)OC(C)(C)C)[C@@H](CC)C1)N(C(=O)CCl)c1ccc(Oc2ccccc2)cc1. The number of para-hydroxylation sites is 1. The van der Waals surface area contributed by atoms with Gasteiger partial charge in [-0.05, 0) is 82.2 Å². The molecule has 2 aromatic carbocycles.